The van der Waals surface area contributed by atoms with Crippen LogP contribution in [0.2, 0.25) is 0 Å². The smallest absolute Gasteiger partial charge is 0.306 e. The molecule has 0 spiro atoms. The zero-order chi connectivity index (χ0) is 25.8. The quantitative estimate of drug-likeness (QED) is 0.0866. The fraction of sp³-hybridized carbons (Fsp3) is 0.968. The molecule has 0 aromatic heterocycles. The Labute approximate surface area is 220 Å². The summed E-state index contributed by atoms with van der Waals surface area (Å²) in [6.07, 6.45) is 26.3. The molecule has 0 aromatic rings. The molecule has 0 saturated carbocycles. The molecule has 0 fully saturated rings. The van der Waals surface area contributed by atoms with Gasteiger partial charge in [-0.25, -0.2) is 0 Å². The van der Waals surface area contributed by atoms with Crippen molar-refractivity contribution in [2.24, 2.45) is 0 Å². The lowest BCUT2D eigenvalue weighted by molar-refractivity contribution is -0.150. The molecule has 0 aliphatic rings. The van der Waals surface area contributed by atoms with Gasteiger partial charge in [0.15, 0.2) is 0 Å². The van der Waals surface area contributed by atoms with Crippen LogP contribution in [0.15, 0.2) is 0 Å². The first-order valence-electron chi connectivity index (χ1n) is 15.7. The van der Waals surface area contributed by atoms with Gasteiger partial charge in [-0.05, 0) is 58.0 Å². The van der Waals surface area contributed by atoms with E-state index >= 15 is 0 Å². The first-order chi connectivity index (χ1) is 17.2. The van der Waals surface area contributed by atoms with Crippen molar-refractivity contribution in [2.75, 3.05) is 26.2 Å². The number of ether oxygens (including phenoxy) is 1. The molecule has 35 heavy (non-hydrogen) atoms. The summed E-state index contributed by atoms with van der Waals surface area (Å²) >= 11 is 0. The molecule has 0 rings (SSSR count). The lowest BCUT2D eigenvalue weighted by atomic mass is 10.0. The Morgan fingerprint density at radius 3 is 1.63 bits per heavy atom. The van der Waals surface area contributed by atoms with E-state index in [0.717, 1.165) is 51.6 Å². The highest BCUT2D eigenvalue weighted by atomic mass is 16.5. The van der Waals surface area contributed by atoms with E-state index in [1.807, 2.05) is 0 Å². The lowest BCUT2D eigenvalue weighted by Gasteiger charge is -2.22. The van der Waals surface area contributed by atoms with Gasteiger partial charge in [-0.3, -0.25) is 4.79 Å². The van der Waals surface area contributed by atoms with Gasteiger partial charge >= 0.3 is 5.97 Å². The van der Waals surface area contributed by atoms with E-state index < -0.39 is 0 Å². The van der Waals surface area contributed by atoms with Gasteiger partial charge in [0.05, 0.1) is 0 Å². The molecule has 0 radical (unpaired) electrons. The largest absolute Gasteiger partial charge is 0.462 e. The first kappa shape index (κ1) is 34.4. The number of nitrogens with zero attached hydrogens (tertiary/aromatic N) is 1. The van der Waals surface area contributed by atoms with E-state index in [-0.39, 0.29) is 12.1 Å². The second kappa shape index (κ2) is 28.0. The lowest BCUT2D eigenvalue weighted by Crippen LogP contribution is -2.27. The molecule has 210 valence electrons. The van der Waals surface area contributed by atoms with Crippen LogP contribution >= 0.6 is 0 Å². The predicted octanol–water partition coefficient (Wildman–Crippen LogP) is 8.83. The summed E-state index contributed by atoms with van der Waals surface area (Å²) in [5.74, 6) is 0.0172. The van der Waals surface area contributed by atoms with Gasteiger partial charge in [-0.15, -0.1) is 0 Å². The van der Waals surface area contributed by atoms with Crippen LogP contribution < -0.4 is 0 Å². The monoisotopic (exact) mass is 497 g/mol. The number of aliphatic hydroxyl groups is 1. The number of hydrogen-bond acceptors (Lipinski definition) is 4. The maximum absolute atomic E-state index is 12.3. The summed E-state index contributed by atoms with van der Waals surface area (Å²) in [6.45, 7) is 10.3. The predicted molar refractivity (Wildman–Crippen MR) is 152 cm³/mol. The fourth-order valence-electron chi connectivity index (χ4n) is 4.86. The van der Waals surface area contributed by atoms with Gasteiger partial charge in [0.2, 0.25) is 0 Å². The zero-order valence-corrected chi connectivity index (χ0v) is 24.2. The van der Waals surface area contributed by atoms with E-state index in [1.54, 1.807) is 0 Å². The number of aliphatic hydroxyl groups excluding tert-OH is 1. The molecule has 0 aliphatic carbocycles. The van der Waals surface area contributed by atoms with Crippen LogP contribution in [-0.2, 0) is 9.53 Å². The van der Waals surface area contributed by atoms with Crippen LogP contribution in [0.4, 0.5) is 0 Å². The zero-order valence-electron chi connectivity index (χ0n) is 24.2. The van der Waals surface area contributed by atoms with Gasteiger partial charge < -0.3 is 14.7 Å². The highest BCUT2D eigenvalue weighted by Crippen LogP contribution is 2.16. The van der Waals surface area contributed by atoms with Crippen LogP contribution in [0.25, 0.3) is 0 Å². The minimum atomic E-state index is 0.0172. The van der Waals surface area contributed by atoms with Gasteiger partial charge in [-0.1, -0.05) is 111 Å². The topological polar surface area (TPSA) is 49.8 Å². The number of carbonyl (C=O) groups excluding carboxylic acids is 1. The molecule has 0 bridgehead atoms. The molecule has 1 atom stereocenters. The average molecular weight is 498 g/mol. The van der Waals surface area contributed by atoms with Crippen LogP contribution in [-0.4, -0.2) is 48.3 Å². The number of hydrogen-bond donors (Lipinski definition) is 1. The van der Waals surface area contributed by atoms with Crippen LogP contribution in [0.3, 0.4) is 0 Å². The molecular formula is C31H63NO3. The first-order valence-corrected chi connectivity index (χ1v) is 15.7. The minimum Gasteiger partial charge on any atom is -0.462 e. The van der Waals surface area contributed by atoms with E-state index in [0.29, 0.717) is 13.0 Å². The third-order valence-corrected chi connectivity index (χ3v) is 7.10. The Bertz CT molecular complexity index is 429. The SMILES string of the molecule is CCCCCCCCC(CCC)OC(=O)CCCCCCCN(CCCO)CCCCCCCC. The third kappa shape index (κ3) is 24.8. The molecule has 0 aromatic carbocycles. The summed E-state index contributed by atoms with van der Waals surface area (Å²) in [7, 11) is 0. The minimum absolute atomic E-state index is 0.0172. The third-order valence-electron chi connectivity index (χ3n) is 7.10. The summed E-state index contributed by atoms with van der Waals surface area (Å²) in [5.41, 5.74) is 0. The average Bonchev–Trinajstić information content (AvgIpc) is 2.85. The molecule has 4 heteroatoms. The standard InChI is InChI=1S/C31H63NO3/c1-4-7-9-11-14-18-24-30(23-6-3)35-31(34)25-19-15-13-17-21-27-32(28-22-29-33)26-20-16-12-10-8-5-2/h30,33H,4-29H2,1-3H3. The van der Waals surface area contributed by atoms with Gasteiger partial charge in [-0.2, -0.15) is 0 Å². The van der Waals surface area contributed by atoms with Crippen LogP contribution in [0.5, 0.6) is 0 Å². The van der Waals surface area contributed by atoms with Crippen molar-refractivity contribution < 1.29 is 14.6 Å². The highest BCUT2D eigenvalue weighted by Gasteiger charge is 2.13. The van der Waals surface area contributed by atoms with Crippen LogP contribution in [0, 0.1) is 0 Å². The number of esters is 1. The molecule has 1 N–H and O–H groups in total. The molecule has 0 aliphatic heterocycles. The van der Waals surface area contributed by atoms with E-state index in [1.165, 1.54) is 103 Å². The summed E-state index contributed by atoms with van der Waals surface area (Å²) < 4.78 is 5.82. The van der Waals surface area contributed by atoms with Crippen molar-refractivity contribution in [3.8, 4) is 0 Å². The van der Waals surface area contributed by atoms with Gasteiger partial charge in [0.25, 0.3) is 0 Å². The Morgan fingerprint density at radius 1 is 0.600 bits per heavy atom. The molecule has 0 heterocycles. The molecule has 0 saturated heterocycles. The highest BCUT2D eigenvalue weighted by molar-refractivity contribution is 5.69. The number of unbranched alkanes of at least 4 members (excludes halogenated alkanes) is 14. The van der Waals surface area contributed by atoms with Crippen LogP contribution in [0.1, 0.15) is 162 Å². The van der Waals surface area contributed by atoms with E-state index in [9.17, 15) is 9.90 Å². The summed E-state index contributed by atoms with van der Waals surface area (Å²) in [6, 6.07) is 0. The number of carbonyl (C=O) groups is 1. The Hall–Kier alpha value is -0.610. The maximum Gasteiger partial charge on any atom is 0.306 e. The molecule has 0 amide bonds. The Balaban J connectivity index is 3.85. The van der Waals surface area contributed by atoms with Crippen molar-refractivity contribution in [1.82, 2.24) is 4.90 Å². The van der Waals surface area contributed by atoms with Crippen molar-refractivity contribution >= 4 is 5.97 Å². The Morgan fingerprint density at radius 2 is 1.09 bits per heavy atom. The van der Waals surface area contributed by atoms with Crippen molar-refractivity contribution in [2.45, 2.75) is 168 Å². The van der Waals surface area contributed by atoms with Crippen molar-refractivity contribution in [3.05, 3.63) is 0 Å². The Kier molecular flexibility index (Phi) is 27.5. The van der Waals surface area contributed by atoms with E-state index in [2.05, 4.69) is 25.7 Å². The normalized spacial score (nSPS) is 12.4. The molecule has 4 nitrogen and oxygen atoms in total. The molecule has 1 unspecified atom stereocenters. The van der Waals surface area contributed by atoms with Crippen molar-refractivity contribution in [1.29, 1.82) is 0 Å². The van der Waals surface area contributed by atoms with Crippen molar-refractivity contribution in [3.63, 3.8) is 0 Å². The van der Waals surface area contributed by atoms with E-state index in [4.69, 9.17) is 4.74 Å². The van der Waals surface area contributed by atoms with Gasteiger partial charge in [0.1, 0.15) is 6.10 Å². The number of rotatable bonds is 28. The maximum atomic E-state index is 12.3. The van der Waals surface area contributed by atoms with Gasteiger partial charge in [0, 0.05) is 19.6 Å². The second-order valence-corrected chi connectivity index (χ2v) is 10.7. The second-order valence-electron chi connectivity index (χ2n) is 10.7. The fourth-order valence-corrected chi connectivity index (χ4v) is 4.86. The summed E-state index contributed by atoms with van der Waals surface area (Å²) in [4.78, 5) is 14.9. The summed E-state index contributed by atoms with van der Waals surface area (Å²) in [5, 5.41) is 9.20. The molecular weight excluding hydrogens is 434 g/mol.